The van der Waals surface area contributed by atoms with Gasteiger partial charge in [0.2, 0.25) is 0 Å². The molecule has 1 saturated heterocycles. The van der Waals surface area contributed by atoms with Crippen LogP contribution in [-0.4, -0.2) is 73.4 Å². The molecular weight excluding hydrogens is 288 g/mol. The summed E-state index contributed by atoms with van der Waals surface area (Å²) >= 11 is 0. The van der Waals surface area contributed by atoms with Crippen LogP contribution in [0.25, 0.3) is 0 Å². The molecule has 1 fully saturated rings. The van der Waals surface area contributed by atoms with E-state index < -0.39 is 12.1 Å². The van der Waals surface area contributed by atoms with Crippen molar-refractivity contribution in [3.63, 3.8) is 0 Å². The van der Waals surface area contributed by atoms with Crippen LogP contribution in [0.4, 0.5) is 4.79 Å². The molecule has 0 radical (unpaired) electrons. The van der Waals surface area contributed by atoms with Crippen LogP contribution >= 0.6 is 0 Å². The van der Waals surface area contributed by atoms with Gasteiger partial charge in [0.05, 0.1) is 19.3 Å². The monoisotopic (exact) mass is 308 g/mol. The minimum Gasteiger partial charge on any atom is -0.465 e. The number of aliphatic hydroxyl groups excluding tert-OH is 1. The number of amides is 1. The number of hydrogen-bond donors (Lipinski definition) is 1. The van der Waals surface area contributed by atoms with E-state index in [0.717, 1.165) is 0 Å². The Morgan fingerprint density at radius 3 is 2.59 bits per heavy atom. The van der Waals surface area contributed by atoms with Crippen molar-refractivity contribution in [2.24, 2.45) is 0 Å². The van der Waals surface area contributed by atoms with Crippen LogP contribution in [0.2, 0.25) is 0 Å². The van der Waals surface area contributed by atoms with Crippen LogP contribution in [0.3, 0.4) is 0 Å². The van der Waals surface area contributed by atoms with Gasteiger partial charge in [-0.25, -0.2) is 9.59 Å². The lowest BCUT2D eigenvalue weighted by Gasteiger charge is -2.33. The van der Waals surface area contributed by atoms with E-state index in [1.54, 1.807) is 23.1 Å². The molecule has 1 heterocycles. The summed E-state index contributed by atoms with van der Waals surface area (Å²) in [4.78, 5) is 27.2. The second kappa shape index (κ2) is 7.77. The first-order valence-corrected chi connectivity index (χ1v) is 7.12. The zero-order valence-corrected chi connectivity index (χ0v) is 12.5. The van der Waals surface area contributed by atoms with E-state index >= 15 is 0 Å². The molecule has 0 saturated carbocycles. The number of hydrogen-bond acceptors (Lipinski definition) is 6. The maximum absolute atomic E-state index is 12.1. The maximum Gasteiger partial charge on any atom is 0.415 e. The van der Waals surface area contributed by atoms with E-state index in [4.69, 9.17) is 9.84 Å². The summed E-state index contributed by atoms with van der Waals surface area (Å²) in [7, 11) is 1.30. The average molecular weight is 308 g/mol. The summed E-state index contributed by atoms with van der Waals surface area (Å²) < 4.78 is 9.93. The van der Waals surface area contributed by atoms with E-state index in [-0.39, 0.29) is 6.61 Å². The Labute approximate surface area is 129 Å². The predicted molar refractivity (Wildman–Crippen MR) is 78.9 cm³/mol. The van der Waals surface area contributed by atoms with Crippen LogP contribution in [0.5, 0.6) is 5.75 Å². The molecule has 1 N–H and O–H groups in total. The fourth-order valence-electron chi connectivity index (χ4n) is 2.27. The van der Waals surface area contributed by atoms with Gasteiger partial charge in [0.1, 0.15) is 5.75 Å². The molecule has 120 valence electrons. The molecule has 1 aliphatic rings. The van der Waals surface area contributed by atoms with Gasteiger partial charge >= 0.3 is 12.1 Å². The molecule has 7 heteroatoms. The van der Waals surface area contributed by atoms with E-state index in [2.05, 4.69) is 9.64 Å². The molecule has 1 aromatic carbocycles. The number of aliphatic hydroxyl groups is 1. The molecule has 22 heavy (non-hydrogen) atoms. The molecule has 0 unspecified atom stereocenters. The molecule has 0 atom stereocenters. The molecule has 1 aromatic rings. The van der Waals surface area contributed by atoms with Crippen molar-refractivity contribution >= 4 is 12.1 Å². The highest BCUT2D eigenvalue weighted by atomic mass is 16.6. The highest BCUT2D eigenvalue weighted by Crippen LogP contribution is 2.15. The number of carbonyl (C=O) groups excluding carboxylic acids is 2. The van der Waals surface area contributed by atoms with Crippen molar-refractivity contribution in [3.8, 4) is 5.75 Å². The number of carbonyl (C=O) groups is 2. The quantitative estimate of drug-likeness (QED) is 0.820. The number of esters is 1. The van der Waals surface area contributed by atoms with Gasteiger partial charge in [-0.1, -0.05) is 6.07 Å². The Bertz CT molecular complexity index is 526. The van der Waals surface area contributed by atoms with Crippen LogP contribution in [-0.2, 0) is 4.74 Å². The molecule has 0 bridgehead atoms. The van der Waals surface area contributed by atoms with Gasteiger partial charge in [-0.3, -0.25) is 4.90 Å². The Balaban J connectivity index is 1.91. The minimum atomic E-state index is -0.476. The Hall–Kier alpha value is -2.12. The second-order valence-corrected chi connectivity index (χ2v) is 4.94. The Morgan fingerprint density at radius 2 is 1.95 bits per heavy atom. The smallest absolute Gasteiger partial charge is 0.415 e. The topological polar surface area (TPSA) is 79.3 Å². The molecule has 2 rings (SSSR count). The third kappa shape index (κ3) is 4.19. The number of methoxy groups -OCH3 is 1. The third-order valence-electron chi connectivity index (χ3n) is 3.51. The average Bonchev–Trinajstić information content (AvgIpc) is 2.55. The first-order chi connectivity index (χ1) is 10.6. The number of nitrogens with zero attached hydrogens (tertiary/aromatic N) is 2. The van der Waals surface area contributed by atoms with E-state index in [9.17, 15) is 9.59 Å². The summed E-state index contributed by atoms with van der Waals surface area (Å²) in [6.45, 7) is 3.25. The zero-order chi connectivity index (χ0) is 15.9. The maximum atomic E-state index is 12.1. The summed E-state index contributed by atoms with van der Waals surface area (Å²) in [5.41, 5.74) is 0.334. The Kier molecular flexibility index (Phi) is 5.74. The van der Waals surface area contributed by atoms with Gasteiger partial charge in [-0.2, -0.15) is 0 Å². The van der Waals surface area contributed by atoms with Gasteiger partial charge in [-0.05, 0) is 18.2 Å². The van der Waals surface area contributed by atoms with Crippen LogP contribution in [0.15, 0.2) is 24.3 Å². The summed E-state index contributed by atoms with van der Waals surface area (Å²) in [6.07, 6.45) is -0.439. The first kappa shape index (κ1) is 16.3. The van der Waals surface area contributed by atoms with Crippen LogP contribution in [0, 0.1) is 0 Å². The molecule has 0 aliphatic carbocycles. The summed E-state index contributed by atoms with van der Waals surface area (Å²) in [5, 5.41) is 8.89. The molecule has 1 amide bonds. The zero-order valence-electron chi connectivity index (χ0n) is 12.5. The van der Waals surface area contributed by atoms with E-state index in [1.807, 2.05) is 0 Å². The molecule has 0 spiro atoms. The largest absolute Gasteiger partial charge is 0.465 e. The molecular formula is C15H20N2O5. The van der Waals surface area contributed by atoms with Gasteiger partial charge in [-0.15, -0.1) is 0 Å². The third-order valence-corrected chi connectivity index (χ3v) is 3.51. The minimum absolute atomic E-state index is 0.116. The number of piperazine rings is 1. The summed E-state index contributed by atoms with van der Waals surface area (Å²) in [5.74, 6) is -0.166. The fourth-order valence-corrected chi connectivity index (χ4v) is 2.27. The first-order valence-electron chi connectivity index (χ1n) is 7.12. The lowest BCUT2D eigenvalue weighted by Crippen LogP contribution is -2.50. The number of rotatable bonds is 4. The van der Waals surface area contributed by atoms with Crippen molar-refractivity contribution in [2.45, 2.75) is 0 Å². The molecule has 1 aliphatic heterocycles. The standard InChI is InChI=1S/C15H20N2O5/c1-21-14(19)12-3-2-4-13(11-12)22-15(20)17-7-5-16(6-8-17)9-10-18/h2-4,11,18H,5-10H2,1H3. The van der Waals surface area contributed by atoms with Crippen molar-refractivity contribution in [3.05, 3.63) is 29.8 Å². The number of β-amino-alcohol motifs (C(OH)–C–C–N with tert-alkyl or cyclic N) is 1. The van der Waals surface area contributed by atoms with Crippen molar-refractivity contribution in [1.29, 1.82) is 0 Å². The van der Waals surface area contributed by atoms with Crippen LogP contribution in [0.1, 0.15) is 10.4 Å². The van der Waals surface area contributed by atoms with Gasteiger partial charge < -0.3 is 19.5 Å². The lowest BCUT2D eigenvalue weighted by molar-refractivity contribution is 0.0599. The lowest BCUT2D eigenvalue weighted by atomic mass is 10.2. The van der Waals surface area contributed by atoms with E-state index in [1.165, 1.54) is 13.2 Å². The highest BCUT2D eigenvalue weighted by molar-refractivity contribution is 5.89. The fraction of sp³-hybridized carbons (Fsp3) is 0.467. The van der Waals surface area contributed by atoms with Crippen molar-refractivity contribution in [1.82, 2.24) is 9.80 Å². The predicted octanol–water partition coefficient (Wildman–Crippen LogP) is 0.582. The normalized spacial score (nSPS) is 15.5. The number of ether oxygens (including phenoxy) is 2. The van der Waals surface area contributed by atoms with Gasteiger partial charge in [0, 0.05) is 32.7 Å². The van der Waals surface area contributed by atoms with E-state index in [0.29, 0.717) is 44.0 Å². The van der Waals surface area contributed by atoms with Gasteiger partial charge in [0.15, 0.2) is 0 Å². The SMILES string of the molecule is COC(=O)c1cccc(OC(=O)N2CCN(CCO)CC2)c1. The second-order valence-electron chi connectivity index (χ2n) is 4.94. The van der Waals surface area contributed by atoms with Gasteiger partial charge in [0.25, 0.3) is 0 Å². The van der Waals surface area contributed by atoms with Crippen molar-refractivity contribution in [2.75, 3.05) is 46.4 Å². The number of benzene rings is 1. The van der Waals surface area contributed by atoms with Crippen molar-refractivity contribution < 1.29 is 24.2 Å². The Morgan fingerprint density at radius 1 is 1.23 bits per heavy atom. The van der Waals surface area contributed by atoms with Crippen LogP contribution < -0.4 is 4.74 Å². The molecule has 7 nitrogen and oxygen atoms in total. The molecule has 0 aromatic heterocycles. The summed E-state index contributed by atoms with van der Waals surface area (Å²) in [6, 6.07) is 6.32. The highest BCUT2D eigenvalue weighted by Gasteiger charge is 2.22.